The van der Waals surface area contributed by atoms with Crippen LogP contribution in [0.5, 0.6) is 5.75 Å². The molecule has 0 atom stereocenters. The Hall–Kier alpha value is -3.02. The van der Waals surface area contributed by atoms with E-state index >= 15 is 0 Å². The van der Waals surface area contributed by atoms with Crippen LogP contribution in [0.4, 0.5) is 4.39 Å². The Labute approximate surface area is 126 Å². The molecule has 1 heterocycles. The molecule has 0 radical (unpaired) electrons. The number of hydrogen-bond donors (Lipinski definition) is 0. The number of halogens is 1. The third kappa shape index (κ3) is 2.71. The lowest BCUT2D eigenvalue weighted by atomic mass is 10.3. The molecular weight excluding hydrogens is 285 g/mol. The van der Waals surface area contributed by atoms with Crippen molar-refractivity contribution < 1.29 is 13.9 Å². The normalized spacial score (nSPS) is 10.5. The van der Waals surface area contributed by atoms with Crippen LogP contribution in [0.15, 0.2) is 54.6 Å². The second-order valence-electron chi connectivity index (χ2n) is 4.61. The highest BCUT2D eigenvalue weighted by molar-refractivity contribution is 5.90. The summed E-state index contributed by atoms with van der Waals surface area (Å²) in [6.45, 7) is 1.70. The first-order valence-corrected chi connectivity index (χ1v) is 6.60. The van der Waals surface area contributed by atoms with Gasteiger partial charge in [-0.1, -0.05) is 23.4 Å². The molecule has 6 heteroatoms. The third-order valence-corrected chi connectivity index (χ3v) is 3.11. The van der Waals surface area contributed by atoms with Gasteiger partial charge in [0.1, 0.15) is 11.6 Å². The number of benzene rings is 2. The van der Waals surface area contributed by atoms with Gasteiger partial charge < -0.3 is 4.74 Å². The monoisotopic (exact) mass is 297 g/mol. The van der Waals surface area contributed by atoms with Crippen molar-refractivity contribution in [1.29, 1.82) is 0 Å². The SMILES string of the molecule is Cc1c(C(=O)Oc2ccccc2)nnn1-c1ccc(F)cc1. The van der Waals surface area contributed by atoms with E-state index < -0.39 is 5.97 Å². The van der Waals surface area contributed by atoms with Crippen LogP contribution in [-0.2, 0) is 0 Å². The van der Waals surface area contributed by atoms with E-state index in [4.69, 9.17) is 4.74 Å². The van der Waals surface area contributed by atoms with E-state index in [-0.39, 0.29) is 11.5 Å². The molecule has 0 fully saturated rings. The Bertz CT molecular complexity index is 798. The van der Waals surface area contributed by atoms with Crippen LogP contribution < -0.4 is 4.74 Å². The molecule has 110 valence electrons. The average Bonchev–Trinajstić information content (AvgIpc) is 2.91. The Morgan fingerprint density at radius 3 is 2.45 bits per heavy atom. The number of para-hydroxylation sites is 1. The maximum Gasteiger partial charge on any atom is 0.366 e. The molecule has 0 aliphatic heterocycles. The maximum atomic E-state index is 13.0. The molecule has 0 aliphatic rings. The summed E-state index contributed by atoms with van der Waals surface area (Å²) < 4.78 is 19.7. The van der Waals surface area contributed by atoms with E-state index in [1.165, 1.54) is 16.8 Å². The Morgan fingerprint density at radius 2 is 1.77 bits per heavy atom. The third-order valence-electron chi connectivity index (χ3n) is 3.11. The van der Waals surface area contributed by atoms with Gasteiger partial charge in [-0.2, -0.15) is 0 Å². The summed E-state index contributed by atoms with van der Waals surface area (Å²) in [5.74, 6) is -0.495. The lowest BCUT2D eigenvalue weighted by Crippen LogP contribution is -2.11. The number of ether oxygens (including phenoxy) is 1. The van der Waals surface area contributed by atoms with Crippen LogP contribution in [-0.4, -0.2) is 21.0 Å². The molecule has 0 saturated carbocycles. The van der Waals surface area contributed by atoms with Crippen molar-refractivity contribution in [3.63, 3.8) is 0 Å². The largest absolute Gasteiger partial charge is 0.422 e. The lowest BCUT2D eigenvalue weighted by Gasteiger charge is -2.04. The summed E-state index contributed by atoms with van der Waals surface area (Å²) in [6, 6.07) is 14.5. The number of aromatic nitrogens is 3. The van der Waals surface area contributed by atoms with Crippen LogP contribution in [0.3, 0.4) is 0 Å². The van der Waals surface area contributed by atoms with E-state index in [0.29, 0.717) is 17.1 Å². The van der Waals surface area contributed by atoms with Gasteiger partial charge in [-0.3, -0.25) is 0 Å². The first kappa shape index (κ1) is 13.9. The summed E-state index contributed by atoms with van der Waals surface area (Å²) in [5, 5.41) is 7.78. The number of esters is 1. The minimum Gasteiger partial charge on any atom is -0.422 e. The van der Waals surface area contributed by atoms with Crippen LogP contribution >= 0.6 is 0 Å². The zero-order valence-electron chi connectivity index (χ0n) is 11.7. The van der Waals surface area contributed by atoms with Crippen molar-refractivity contribution >= 4 is 5.97 Å². The van der Waals surface area contributed by atoms with Crippen LogP contribution in [0.1, 0.15) is 16.2 Å². The van der Waals surface area contributed by atoms with Gasteiger partial charge in [0.15, 0.2) is 5.69 Å². The van der Waals surface area contributed by atoms with Gasteiger partial charge in [-0.05, 0) is 43.3 Å². The fourth-order valence-electron chi connectivity index (χ4n) is 1.99. The van der Waals surface area contributed by atoms with Crippen molar-refractivity contribution in [2.75, 3.05) is 0 Å². The van der Waals surface area contributed by atoms with Crippen LogP contribution in [0.2, 0.25) is 0 Å². The summed E-state index contributed by atoms with van der Waals surface area (Å²) in [6.07, 6.45) is 0. The van der Waals surface area contributed by atoms with Gasteiger partial charge in [-0.25, -0.2) is 13.9 Å². The second kappa shape index (κ2) is 5.77. The Morgan fingerprint density at radius 1 is 1.09 bits per heavy atom. The fourth-order valence-corrected chi connectivity index (χ4v) is 1.99. The van der Waals surface area contributed by atoms with Crippen molar-refractivity contribution in [2.24, 2.45) is 0 Å². The maximum absolute atomic E-state index is 13.0. The molecule has 22 heavy (non-hydrogen) atoms. The molecule has 2 aromatic carbocycles. The van der Waals surface area contributed by atoms with E-state index in [1.807, 2.05) is 6.07 Å². The van der Waals surface area contributed by atoms with Gasteiger partial charge in [0.2, 0.25) is 0 Å². The molecule has 0 aliphatic carbocycles. The number of hydrogen-bond acceptors (Lipinski definition) is 4. The van der Waals surface area contributed by atoms with Crippen molar-refractivity contribution in [3.8, 4) is 11.4 Å². The van der Waals surface area contributed by atoms with Gasteiger partial charge in [0.25, 0.3) is 0 Å². The van der Waals surface area contributed by atoms with Gasteiger partial charge >= 0.3 is 5.97 Å². The van der Waals surface area contributed by atoms with Gasteiger partial charge in [0.05, 0.1) is 11.4 Å². The summed E-state index contributed by atoms with van der Waals surface area (Å²) in [4.78, 5) is 12.1. The van der Waals surface area contributed by atoms with E-state index in [2.05, 4.69) is 10.3 Å². The molecule has 0 bridgehead atoms. The zero-order valence-corrected chi connectivity index (χ0v) is 11.7. The first-order valence-electron chi connectivity index (χ1n) is 6.60. The van der Waals surface area contributed by atoms with Gasteiger partial charge in [-0.15, -0.1) is 5.10 Å². The van der Waals surface area contributed by atoms with Crippen molar-refractivity contribution in [3.05, 3.63) is 71.8 Å². The summed E-state index contributed by atoms with van der Waals surface area (Å²) in [5.41, 5.74) is 1.26. The lowest BCUT2D eigenvalue weighted by molar-refractivity contribution is 0.0727. The number of carbonyl (C=O) groups is 1. The predicted molar refractivity (Wildman–Crippen MR) is 77.5 cm³/mol. The highest BCUT2D eigenvalue weighted by atomic mass is 19.1. The first-order chi connectivity index (χ1) is 10.6. The molecule has 0 saturated heterocycles. The Balaban J connectivity index is 1.87. The molecule has 0 amide bonds. The highest BCUT2D eigenvalue weighted by Gasteiger charge is 2.19. The molecule has 3 rings (SSSR count). The topological polar surface area (TPSA) is 57.0 Å². The Kier molecular flexibility index (Phi) is 3.65. The molecule has 0 unspecified atom stereocenters. The van der Waals surface area contributed by atoms with E-state index in [0.717, 1.165) is 0 Å². The van der Waals surface area contributed by atoms with E-state index in [1.54, 1.807) is 43.3 Å². The van der Waals surface area contributed by atoms with Crippen molar-refractivity contribution in [1.82, 2.24) is 15.0 Å². The van der Waals surface area contributed by atoms with Gasteiger partial charge in [0, 0.05) is 0 Å². The summed E-state index contributed by atoms with van der Waals surface area (Å²) in [7, 11) is 0. The van der Waals surface area contributed by atoms with E-state index in [9.17, 15) is 9.18 Å². The minimum atomic E-state index is -0.586. The number of nitrogens with zero attached hydrogens (tertiary/aromatic N) is 3. The average molecular weight is 297 g/mol. The van der Waals surface area contributed by atoms with Crippen LogP contribution in [0.25, 0.3) is 5.69 Å². The van der Waals surface area contributed by atoms with Crippen molar-refractivity contribution in [2.45, 2.75) is 6.92 Å². The van der Waals surface area contributed by atoms with Crippen LogP contribution in [0, 0.1) is 12.7 Å². The highest BCUT2D eigenvalue weighted by Crippen LogP contribution is 2.15. The standard InChI is InChI=1S/C16H12FN3O2/c1-11-15(16(21)22-14-5-3-2-4-6-14)18-19-20(11)13-9-7-12(17)8-10-13/h2-10H,1H3. The molecule has 5 nitrogen and oxygen atoms in total. The smallest absolute Gasteiger partial charge is 0.366 e. The second-order valence-corrected chi connectivity index (χ2v) is 4.61. The molecule has 0 N–H and O–H groups in total. The summed E-state index contributed by atoms with van der Waals surface area (Å²) >= 11 is 0. The fraction of sp³-hybridized carbons (Fsp3) is 0.0625. The predicted octanol–water partition coefficient (Wildman–Crippen LogP) is 2.93. The molecular formula is C16H12FN3O2. The zero-order chi connectivity index (χ0) is 15.5. The number of rotatable bonds is 3. The molecule has 1 aromatic heterocycles. The molecule has 3 aromatic rings. The minimum absolute atomic E-state index is 0.119. The molecule has 0 spiro atoms. The number of carbonyl (C=O) groups excluding carboxylic acids is 1. The quantitative estimate of drug-likeness (QED) is 0.551.